The van der Waals surface area contributed by atoms with Crippen molar-refractivity contribution in [2.75, 3.05) is 21.3 Å². The lowest BCUT2D eigenvalue weighted by Gasteiger charge is -2.14. The van der Waals surface area contributed by atoms with Gasteiger partial charge in [-0.05, 0) is 55.5 Å². The molecule has 0 amide bonds. The summed E-state index contributed by atoms with van der Waals surface area (Å²) in [6.07, 6.45) is 1.51. The van der Waals surface area contributed by atoms with Crippen molar-refractivity contribution in [2.24, 2.45) is 4.99 Å². The van der Waals surface area contributed by atoms with E-state index in [1.165, 1.54) is 39.5 Å². The fourth-order valence-corrected chi connectivity index (χ4v) is 3.92. The van der Waals surface area contributed by atoms with Crippen LogP contribution in [-0.4, -0.2) is 39.2 Å². The Kier molecular flexibility index (Phi) is 7.40. The van der Waals surface area contributed by atoms with Gasteiger partial charge in [-0.25, -0.2) is 14.6 Å². The van der Waals surface area contributed by atoms with E-state index in [2.05, 4.69) is 20.9 Å². The molecule has 0 radical (unpaired) electrons. The maximum Gasteiger partial charge on any atom is 0.363 e. The summed E-state index contributed by atoms with van der Waals surface area (Å²) in [4.78, 5) is 29.9. The highest BCUT2D eigenvalue weighted by molar-refractivity contribution is 9.10. The quantitative estimate of drug-likeness (QED) is 0.222. The van der Waals surface area contributed by atoms with E-state index >= 15 is 0 Å². The lowest BCUT2D eigenvalue weighted by atomic mass is 10.1. The topological polar surface area (TPSA) is 92.7 Å². The minimum Gasteiger partial charge on any atom is -0.493 e. The van der Waals surface area contributed by atoms with E-state index in [4.69, 9.17) is 23.7 Å². The third kappa shape index (κ3) is 5.26. The maximum absolute atomic E-state index is 13.0. The average Bonchev–Trinajstić information content (AvgIpc) is 3.24. The minimum absolute atomic E-state index is 0.0784. The van der Waals surface area contributed by atoms with Crippen molar-refractivity contribution < 1.29 is 33.3 Å². The van der Waals surface area contributed by atoms with Crippen molar-refractivity contribution >= 4 is 39.8 Å². The first-order valence-corrected chi connectivity index (χ1v) is 11.5. The van der Waals surface area contributed by atoms with Crippen LogP contribution in [0.3, 0.4) is 0 Å². The predicted octanol–water partition coefficient (Wildman–Crippen LogP) is 5.35. The number of carbonyl (C=O) groups excluding carboxylic acids is 2. The number of hydrogen-bond acceptors (Lipinski definition) is 8. The zero-order valence-corrected chi connectivity index (χ0v) is 21.5. The standard InChI is InChI=1S/C27H22BrNO7/c1-15-6-5-7-16(10-15)25-29-20(27(31)36-25)12-17-11-19(28)8-9-21(17)35-26(30)18-13-22(32-2)24(34-4)23(14-18)33-3/h5-14H,1-4H3/b20-12+. The van der Waals surface area contributed by atoms with Crippen molar-refractivity contribution in [3.63, 3.8) is 0 Å². The summed E-state index contributed by atoms with van der Waals surface area (Å²) in [6.45, 7) is 1.94. The number of cyclic esters (lactones) is 1. The van der Waals surface area contributed by atoms with Crippen LogP contribution in [0, 0.1) is 6.92 Å². The van der Waals surface area contributed by atoms with E-state index in [1.807, 2.05) is 31.2 Å². The normalized spacial score (nSPS) is 13.8. The summed E-state index contributed by atoms with van der Waals surface area (Å²) in [7, 11) is 4.39. The Bertz CT molecular complexity index is 1390. The Morgan fingerprint density at radius 3 is 2.31 bits per heavy atom. The van der Waals surface area contributed by atoms with Gasteiger partial charge in [-0.2, -0.15) is 0 Å². The number of nitrogens with zero attached hydrogens (tertiary/aromatic N) is 1. The van der Waals surface area contributed by atoms with Gasteiger partial charge in [-0.3, -0.25) is 0 Å². The van der Waals surface area contributed by atoms with Gasteiger partial charge in [0.15, 0.2) is 17.2 Å². The molecule has 8 nitrogen and oxygen atoms in total. The van der Waals surface area contributed by atoms with Crippen LogP contribution in [0.15, 0.2) is 69.8 Å². The summed E-state index contributed by atoms with van der Waals surface area (Å²) in [5, 5.41) is 0. The molecule has 3 aromatic carbocycles. The fourth-order valence-electron chi connectivity index (χ4n) is 3.54. The third-order valence-electron chi connectivity index (χ3n) is 5.25. The number of aliphatic imine (C=N–C) groups is 1. The van der Waals surface area contributed by atoms with Crippen LogP contribution in [-0.2, 0) is 9.53 Å². The first-order valence-electron chi connectivity index (χ1n) is 10.7. The van der Waals surface area contributed by atoms with Crippen molar-refractivity contribution in [3.8, 4) is 23.0 Å². The van der Waals surface area contributed by atoms with Gasteiger partial charge >= 0.3 is 11.9 Å². The highest BCUT2D eigenvalue weighted by Crippen LogP contribution is 2.38. The molecule has 0 unspecified atom stereocenters. The first-order chi connectivity index (χ1) is 17.3. The van der Waals surface area contributed by atoms with Crippen LogP contribution in [0.2, 0.25) is 0 Å². The summed E-state index contributed by atoms with van der Waals surface area (Å²) in [5.74, 6) is 0.148. The smallest absolute Gasteiger partial charge is 0.363 e. The van der Waals surface area contributed by atoms with E-state index in [-0.39, 0.29) is 22.9 Å². The molecule has 36 heavy (non-hydrogen) atoms. The number of carbonyl (C=O) groups is 2. The van der Waals surface area contributed by atoms with Gasteiger partial charge in [0.25, 0.3) is 0 Å². The Labute approximate surface area is 216 Å². The SMILES string of the molecule is COc1cc(C(=O)Oc2ccc(Br)cc2/C=C2/N=C(c3cccc(C)c3)OC2=O)cc(OC)c1OC. The maximum atomic E-state index is 13.0. The summed E-state index contributed by atoms with van der Waals surface area (Å²) >= 11 is 3.41. The molecule has 0 aromatic heterocycles. The van der Waals surface area contributed by atoms with Crippen molar-refractivity contribution in [3.05, 3.63) is 87.0 Å². The molecule has 3 aromatic rings. The van der Waals surface area contributed by atoms with E-state index in [9.17, 15) is 9.59 Å². The second kappa shape index (κ2) is 10.7. The number of methoxy groups -OCH3 is 3. The molecule has 0 fully saturated rings. The van der Waals surface area contributed by atoms with Crippen LogP contribution in [0.25, 0.3) is 6.08 Å². The van der Waals surface area contributed by atoms with Crippen LogP contribution < -0.4 is 18.9 Å². The molecule has 0 bridgehead atoms. The van der Waals surface area contributed by atoms with E-state index in [1.54, 1.807) is 18.2 Å². The molecule has 0 aliphatic carbocycles. The third-order valence-corrected chi connectivity index (χ3v) is 5.75. The van der Waals surface area contributed by atoms with Gasteiger partial charge in [-0.1, -0.05) is 33.6 Å². The van der Waals surface area contributed by atoms with Gasteiger partial charge in [0.1, 0.15) is 5.75 Å². The summed E-state index contributed by atoms with van der Waals surface area (Å²) in [6, 6.07) is 15.5. The largest absolute Gasteiger partial charge is 0.493 e. The summed E-state index contributed by atoms with van der Waals surface area (Å²) < 4.78 is 27.7. The number of hydrogen-bond donors (Lipinski definition) is 0. The lowest BCUT2D eigenvalue weighted by Crippen LogP contribution is -2.10. The summed E-state index contributed by atoms with van der Waals surface area (Å²) in [5.41, 5.74) is 2.42. The molecule has 1 heterocycles. The Morgan fingerprint density at radius 1 is 0.944 bits per heavy atom. The molecule has 0 atom stereocenters. The van der Waals surface area contributed by atoms with E-state index < -0.39 is 11.9 Å². The molecule has 0 spiro atoms. The molecule has 184 valence electrons. The zero-order valence-electron chi connectivity index (χ0n) is 20.0. The molecule has 4 rings (SSSR count). The molecule has 0 saturated carbocycles. The molecule has 0 saturated heterocycles. The second-order valence-electron chi connectivity index (χ2n) is 7.69. The molecular weight excluding hydrogens is 530 g/mol. The molecule has 0 N–H and O–H groups in total. The number of halogens is 1. The fraction of sp³-hybridized carbons (Fsp3) is 0.148. The number of aryl methyl sites for hydroxylation is 1. The zero-order chi connectivity index (χ0) is 25.8. The Hall–Kier alpha value is -4.11. The Morgan fingerprint density at radius 2 is 1.67 bits per heavy atom. The lowest BCUT2D eigenvalue weighted by molar-refractivity contribution is -0.129. The van der Waals surface area contributed by atoms with Gasteiger partial charge in [0.2, 0.25) is 11.6 Å². The van der Waals surface area contributed by atoms with Crippen molar-refractivity contribution in [1.29, 1.82) is 0 Å². The van der Waals surface area contributed by atoms with Gasteiger partial charge < -0.3 is 23.7 Å². The number of ether oxygens (including phenoxy) is 5. The second-order valence-corrected chi connectivity index (χ2v) is 8.61. The Balaban J connectivity index is 1.67. The van der Waals surface area contributed by atoms with Crippen molar-refractivity contribution in [1.82, 2.24) is 0 Å². The number of benzene rings is 3. The average molecular weight is 552 g/mol. The number of rotatable bonds is 7. The van der Waals surface area contributed by atoms with Crippen LogP contribution in [0.4, 0.5) is 0 Å². The highest BCUT2D eigenvalue weighted by atomic mass is 79.9. The van der Waals surface area contributed by atoms with E-state index in [0.717, 1.165) is 10.0 Å². The molecule has 1 aliphatic rings. The minimum atomic E-state index is -0.658. The predicted molar refractivity (Wildman–Crippen MR) is 137 cm³/mol. The van der Waals surface area contributed by atoms with Crippen LogP contribution in [0.5, 0.6) is 23.0 Å². The van der Waals surface area contributed by atoms with Crippen LogP contribution >= 0.6 is 15.9 Å². The van der Waals surface area contributed by atoms with E-state index in [0.29, 0.717) is 28.4 Å². The first kappa shape index (κ1) is 25.0. The van der Waals surface area contributed by atoms with Crippen LogP contribution in [0.1, 0.15) is 27.0 Å². The molecule has 9 heteroatoms. The molecular formula is C27H22BrNO7. The number of esters is 2. The monoisotopic (exact) mass is 551 g/mol. The van der Waals surface area contributed by atoms with Crippen molar-refractivity contribution in [2.45, 2.75) is 6.92 Å². The van der Waals surface area contributed by atoms with Gasteiger partial charge in [-0.15, -0.1) is 0 Å². The van der Waals surface area contributed by atoms with Gasteiger partial charge in [0.05, 0.1) is 26.9 Å². The van der Waals surface area contributed by atoms with Gasteiger partial charge in [0, 0.05) is 15.6 Å². The highest BCUT2D eigenvalue weighted by Gasteiger charge is 2.25. The molecule has 1 aliphatic heterocycles.